The van der Waals surface area contributed by atoms with Crippen LogP contribution in [-0.2, 0) is 9.53 Å². The fourth-order valence-corrected chi connectivity index (χ4v) is 2.79. The van der Waals surface area contributed by atoms with Gasteiger partial charge in [0.05, 0.1) is 13.2 Å². The van der Waals surface area contributed by atoms with Gasteiger partial charge in [0.15, 0.2) is 0 Å². The van der Waals surface area contributed by atoms with Crippen molar-refractivity contribution in [2.24, 2.45) is 5.92 Å². The van der Waals surface area contributed by atoms with Crippen LogP contribution < -0.4 is 0 Å². The highest BCUT2D eigenvalue weighted by Crippen LogP contribution is 2.21. The summed E-state index contributed by atoms with van der Waals surface area (Å²) in [4.78, 5) is 16.5. The fourth-order valence-electron chi connectivity index (χ4n) is 2.62. The summed E-state index contributed by atoms with van der Waals surface area (Å²) in [5.74, 6) is 0.491. The van der Waals surface area contributed by atoms with Gasteiger partial charge in [-0.3, -0.25) is 9.69 Å². The number of hydrogen-bond acceptors (Lipinski definition) is 3. The Morgan fingerprint density at radius 2 is 1.83 bits per heavy atom. The summed E-state index contributed by atoms with van der Waals surface area (Å²) in [5.41, 5.74) is 0. The Bertz CT molecular complexity index is 308. The molecule has 0 saturated carbocycles. The van der Waals surface area contributed by atoms with Gasteiger partial charge in [-0.15, -0.1) is 0 Å². The molecular weight excluding hydrogens is 252 g/mol. The van der Waals surface area contributed by atoms with E-state index in [0.717, 1.165) is 45.6 Å². The lowest BCUT2D eigenvalue weighted by Gasteiger charge is -2.35. The van der Waals surface area contributed by atoms with E-state index in [1.807, 2.05) is 4.90 Å². The molecule has 0 radical (unpaired) electrons. The van der Waals surface area contributed by atoms with Crippen molar-refractivity contribution < 1.29 is 9.53 Å². The molecule has 0 unspecified atom stereocenters. The van der Waals surface area contributed by atoms with Gasteiger partial charge in [-0.25, -0.2) is 0 Å². The minimum Gasteiger partial charge on any atom is -0.378 e. The topological polar surface area (TPSA) is 32.8 Å². The second kappa shape index (κ2) is 6.55. The third-order valence-corrected chi connectivity index (χ3v) is 3.77. The number of hydrogen-bond donors (Lipinski definition) is 0. The molecule has 5 heteroatoms. The lowest BCUT2D eigenvalue weighted by molar-refractivity contribution is -0.141. The molecule has 2 saturated heterocycles. The van der Waals surface area contributed by atoms with Gasteiger partial charge in [0.25, 0.3) is 0 Å². The third-order valence-electron chi connectivity index (χ3n) is 3.65. The zero-order chi connectivity index (χ0) is 13.0. The number of rotatable bonds is 3. The lowest BCUT2D eigenvalue weighted by atomic mass is 9.95. The second-order valence-electron chi connectivity index (χ2n) is 5.01. The van der Waals surface area contributed by atoms with Crippen LogP contribution in [0.25, 0.3) is 0 Å². The molecule has 0 aromatic carbocycles. The Kier molecular flexibility index (Phi) is 5.03. The van der Waals surface area contributed by atoms with Crippen LogP contribution in [-0.4, -0.2) is 61.6 Å². The summed E-state index contributed by atoms with van der Waals surface area (Å²) < 4.78 is 5.27. The van der Waals surface area contributed by atoms with Crippen molar-refractivity contribution in [3.8, 4) is 0 Å². The predicted molar refractivity (Wildman–Crippen MR) is 71.6 cm³/mol. The predicted octanol–water partition coefficient (Wildman–Crippen LogP) is 1.31. The van der Waals surface area contributed by atoms with E-state index in [9.17, 15) is 4.79 Å². The number of carbonyl (C=O) groups is 1. The number of amides is 1. The van der Waals surface area contributed by atoms with E-state index in [0.29, 0.717) is 24.2 Å². The van der Waals surface area contributed by atoms with Crippen LogP contribution in [0.3, 0.4) is 0 Å². The first-order valence-electron chi connectivity index (χ1n) is 6.59. The van der Waals surface area contributed by atoms with Crippen LogP contribution in [0.2, 0.25) is 0 Å². The van der Waals surface area contributed by atoms with Crippen LogP contribution in [0.4, 0.5) is 0 Å². The summed E-state index contributed by atoms with van der Waals surface area (Å²) in [5, 5.41) is 0.674. The van der Waals surface area contributed by atoms with Crippen LogP contribution in [0.15, 0.2) is 11.6 Å². The molecule has 2 fully saturated rings. The molecule has 0 spiro atoms. The molecule has 2 aliphatic heterocycles. The summed E-state index contributed by atoms with van der Waals surface area (Å²) in [6.07, 6.45) is 1.86. The Morgan fingerprint density at radius 1 is 1.22 bits per heavy atom. The lowest BCUT2D eigenvalue weighted by Crippen LogP contribution is -2.46. The van der Waals surface area contributed by atoms with Gasteiger partial charge in [0.1, 0.15) is 0 Å². The molecule has 18 heavy (non-hydrogen) atoms. The average molecular weight is 273 g/mol. The van der Waals surface area contributed by atoms with Crippen molar-refractivity contribution in [2.75, 3.05) is 45.9 Å². The van der Waals surface area contributed by atoms with Crippen molar-refractivity contribution in [1.29, 1.82) is 0 Å². The molecule has 1 amide bonds. The average Bonchev–Trinajstić information content (AvgIpc) is 2.39. The minimum absolute atomic E-state index is 0.183. The number of morpholine rings is 1. The van der Waals surface area contributed by atoms with E-state index >= 15 is 0 Å². The van der Waals surface area contributed by atoms with Crippen molar-refractivity contribution in [3.05, 3.63) is 11.6 Å². The number of piperidine rings is 1. The quantitative estimate of drug-likeness (QED) is 0.777. The second-order valence-corrected chi connectivity index (χ2v) is 5.54. The fraction of sp³-hybridized carbons (Fsp3) is 0.769. The maximum atomic E-state index is 12.3. The molecule has 2 aliphatic rings. The van der Waals surface area contributed by atoms with Gasteiger partial charge in [0, 0.05) is 30.6 Å². The summed E-state index contributed by atoms with van der Waals surface area (Å²) in [6.45, 7) is 9.17. The molecule has 0 aromatic rings. The van der Waals surface area contributed by atoms with Crippen molar-refractivity contribution in [1.82, 2.24) is 9.80 Å². The smallest absolute Gasteiger partial charge is 0.225 e. The van der Waals surface area contributed by atoms with Gasteiger partial charge in [-0.1, -0.05) is 18.2 Å². The molecule has 0 N–H and O–H groups in total. The number of nitrogens with zero attached hydrogens (tertiary/aromatic N) is 2. The first-order valence-corrected chi connectivity index (χ1v) is 6.97. The first kappa shape index (κ1) is 13.8. The molecule has 4 nitrogen and oxygen atoms in total. The zero-order valence-corrected chi connectivity index (χ0v) is 11.5. The summed E-state index contributed by atoms with van der Waals surface area (Å²) >= 11 is 5.81. The molecule has 2 rings (SSSR count). The monoisotopic (exact) mass is 272 g/mol. The first-order chi connectivity index (χ1) is 8.66. The minimum atomic E-state index is 0.183. The van der Waals surface area contributed by atoms with E-state index in [1.54, 1.807) is 0 Å². The number of halogens is 1. The van der Waals surface area contributed by atoms with Gasteiger partial charge >= 0.3 is 0 Å². The number of carbonyl (C=O) groups excluding carboxylic acids is 1. The van der Waals surface area contributed by atoms with Gasteiger partial charge < -0.3 is 9.64 Å². The Labute approximate surface area is 114 Å². The van der Waals surface area contributed by atoms with Gasteiger partial charge in [-0.2, -0.15) is 0 Å². The van der Waals surface area contributed by atoms with Crippen molar-refractivity contribution in [3.63, 3.8) is 0 Å². The molecule has 0 aliphatic carbocycles. The van der Waals surface area contributed by atoms with Crippen LogP contribution >= 0.6 is 11.6 Å². The van der Waals surface area contributed by atoms with E-state index in [2.05, 4.69) is 11.5 Å². The molecule has 0 bridgehead atoms. The SMILES string of the molecule is C=C(Cl)CN1CCC(C(=O)N2CCOCC2)CC1. The Hall–Kier alpha value is -0.580. The van der Waals surface area contributed by atoms with E-state index in [-0.39, 0.29) is 5.92 Å². The van der Waals surface area contributed by atoms with E-state index in [4.69, 9.17) is 16.3 Å². The normalized spacial score (nSPS) is 23.1. The Balaban J connectivity index is 1.78. The number of likely N-dealkylation sites (tertiary alicyclic amines) is 1. The van der Waals surface area contributed by atoms with Crippen LogP contribution in [0.1, 0.15) is 12.8 Å². The van der Waals surface area contributed by atoms with Crippen LogP contribution in [0.5, 0.6) is 0 Å². The molecular formula is C13H21ClN2O2. The molecule has 0 aromatic heterocycles. The molecule has 0 atom stereocenters. The summed E-state index contributed by atoms with van der Waals surface area (Å²) in [7, 11) is 0. The Morgan fingerprint density at radius 3 is 2.39 bits per heavy atom. The van der Waals surface area contributed by atoms with Crippen molar-refractivity contribution >= 4 is 17.5 Å². The third kappa shape index (κ3) is 3.70. The number of ether oxygens (including phenoxy) is 1. The van der Waals surface area contributed by atoms with E-state index < -0.39 is 0 Å². The van der Waals surface area contributed by atoms with Crippen LogP contribution in [0, 0.1) is 5.92 Å². The van der Waals surface area contributed by atoms with E-state index in [1.165, 1.54) is 0 Å². The highest BCUT2D eigenvalue weighted by atomic mass is 35.5. The highest BCUT2D eigenvalue weighted by molar-refractivity contribution is 6.29. The molecule has 2 heterocycles. The maximum absolute atomic E-state index is 12.3. The maximum Gasteiger partial charge on any atom is 0.225 e. The zero-order valence-electron chi connectivity index (χ0n) is 10.7. The standard InChI is InChI=1S/C13H21ClN2O2/c1-11(14)10-15-4-2-12(3-5-15)13(17)16-6-8-18-9-7-16/h12H,1-10H2. The largest absolute Gasteiger partial charge is 0.378 e. The summed E-state index contributed by atoms with van der Waals surface area (Å²) in [6, 6.07) is 0. The van der Waals surface area contributed by atoms with Gasteiger partial charge in [0.2, 0.25) is 5.91 Å². The highest BCUT2D eigenvalue weighted by Gasteiger charge is 2.29. The molecule has 102 valence electrons. The van der Waals surface area contributed by atoms with Crippen molar-refractivity contribution in [2.45, 2.75) is 12.8 Å². The van der Waals surface area contributed by atoms with Gasteiger partial charge in [-0.05, 0) is 25.9 Å².